The molecule has 3 N–H and O–H groups in total. The molecule has 2 aromatic rings. The normalized spacial score (nSPS) is 12.4. The van der Waals surface area contributed by atoms with E-state index in [4.69, 9.17) is 5.84 Å². The van der Waals surface area contributed by atoms with E-state index in [1.807, 2.05) is 6.07 Å². The van der Waals surface area contributed by atoms with E-state index in [9.17, 15) is 0 Å². The smallest absolute Gasteiger partial charge is 0.0500 e. The summed E-state index contributed by atoms with van der Waals surface area (Å²) >= 11 is 3.50. The molecular formula is C16H19BrN2. The van der Waals surface area contributed by atoms with Gasteiger partial charge in [0.2, 0.25) is 0 Å². The molecule has 0 bridgehead atoms. The molecule has 1 unspecified atom stereocenters. The highest BCUT2D eigenvalue weighted by atomic mass is 79.9. The second kappa shape index (κ2) is 6.85. The summed E-state index contributed by atoms with van der Waals surface area (Å²) in [5.41, 5.74) is 6.76. The van der Waals surface area contributed by atoms with E-state index < -0.39 is 0 Å². The van der Waals surface area contributed by atoms with Crippen molar-refractivity contribution in [3.8, 4) is 0 Å². The molecule has 1 atom stereocenters. The van der Waals surface area contributed by atoms with E-state index in [1.54, 1.807) is 0 Å². The molecule has 19 heavy (non-hydrogen) atoms. The first-order valence-electron chi connectivity index (χ1n) is 6.52. The topological polar surface area (TPSA) is 38.0 Å². The van der Waals surface area contributed by atoms with Gasteiger partial charge in [0, 0.05) is 10.5 Å². The summed E-state index contributed by atoms with van der Waals surface area (Å²) in [6, 6.07) is 17.1. The number of nitrogens with one attached hydrogen (secondary N) is 1. The van der Waals surface area contributed by atoms with Crippen molar-refractivity contribution in [1.29, 1.82) is 0 Å². The number of nitrogens with two attached hydrogens (primary N) is 1. The van der Waals surface area contributed by atoms with E-state index in [2.05, 4.69) is 70.7 Å². The Balaban J connectivity index is 2.19. The van der Waals surface area contributed by atoms with Crippen molar-refractivity contribution in [2.75, 3.05) is 0 Å². The van der Waals surface area contributed by atoms with Crippen LogP contribution in [-0.4, -0.2) is 0 Å². The van der Waals surface area contributed by atoms with Crippen LogP contribution in [-0.2, 0) is 12.8 Å². The summed E-state index contributed by atoms with van der Waals surface area (Å²) in [6.07, 6.45) is 1.92. The highest BCUT2D eigenvalue weighted by Gasteiger charge is 2.11. The molecule has 0 radical (unpaired) electrons. The van der Waals surface area contributed by atoms with E-state index in [0.29, 0.717) is 0 Å². The largest absolute Gasteiger partial charge is 0.271 e. The van der Waals surface area contributed by atoms with Crippen LogP contribution in [0.3, 0.4) is 0 Å². The monoisotopic (exact) mass is 318 g/mol. The predicted molar refractivity (Wildman–Crippen MR) is 83.7 cm³/mol. The Labute approximate surface area is 123 Å². The van der Waals surface area contributed by atoms with Crippen molar-refractivity contribution < 1.29 is 0 Å². The minimum absolute atomic E-state index is 0.140. The molecule has 2 rings (SSSR count). The van der Waals surface area contributed by atoms with Crippen LogP contribution in [0.1, 0.15) is 29.7 Å². The lowest BCUT2D eigenvalue weighted by atomic mass is 9.97. The van der Waals surface area contributed by atoms with Crippen LogP contribution in [0.2, 0.25) is 0 Å². The van der Waals surface area contributed by atoms with E-state index in [1.165, 1.54) is 16.7 Å². The minimum atomic E-state index is 0.140. The first kappa shape index (κ1) is 14.3. The molecule has 0 amide bonds. The van der Waals surface area contributed by atoms with Crippen molar-refractivity contribution >= 4 is 15.9 Å². The molecule has 3 heteroatoms. The molecule has 0 aliphatic rings. The zero-order valence-electron chi connectivity index (χ0n) is 11.1. The van der Waals surface area contributed by atoms with Gasteiger partial charge in [0.15, 0.2) is 0 Å². The Hall–Kier alpha value is -1.16. The molecule has 2 aromatic carbocycles. The highest BCUT2D eigenvalue weighted by molar-refractivity contribution is 9.10. The first-order chi connectivity index (χ1) is 9.22. The second-order valence-corrected chi connectivity index (χ2v) is 5.57. The Bertz CT molecular complexity index is 540. The predicted octanol–water partition coefficient (Wildman–Crippen LogP) is 3.76. The van der Waals surface area contributed by atoms with Crippen molar-refractivity contribution in [1.82, 2.24) is 5.43 Å². The van der Waals surface area contributed by atoms with E-state index in [-0.39, 0.29) is 6.04 Å². The van der Waals surface area contributed by atoms with Crippen LogP contribution < -0.4 is 11.3 Å². The number of hydrazine groups is 1. The minimum Gasteiger partial charge on any atom is -0.271 e. The van der Waals surface area contributed by atoms with Gasteiger partial charge >= 0.3 is 0 Å². The second-order valence-electron chi connectivity index (χ2n) is 4.65. The number of hydrogen-bond donors (Lipinski definition) is 2. The Morgan fingerprint density at radius 2 is 1.84 bits per heavy atom. The number of benzene rings is 2. The van der Waals surface area contributed by atoms with Crippen LogP contribution >= 0.6 is 15.9 Å². The average Bonchev–Trinajstić information content (AvgIpc) is 2.45. The number of halogens is 1. The molecule has 100 valence electrons. The number of hydrogen-bond acceptors (Lipinski definition) is 2. The summed E-state index contributed by atoms with van der Waals surface area (Å²) in [6.45, 7) is 2.16. The molecular weight excluding hydrogens is 300 g/mol. The standard InChI is InChI=1S/C16H19BrN2/c1-2-12-5-3-7-14(9-12)16(19-18)11-13-6-4-8-15(17)10-13/h3-10,16,19H,2,11,18H2,1H3. The van der Waals surface area contributed by atoms with Crippen molar-refractivity contribution in [2.45, 2.75) is 25.8 Å². The zero-order valence-corrected chi connectivity index (χ0v) is 12.7. The summed E-state index contributed by atoms with van der Waals surface area (Å²) in [7, 11) is 0. The van der Waals surface area contributed by atoms with Crippen LogP contribution in [0.4, 0.5) is 0 Å². The maximum Gasteiger partial charge on any atom is 0.0500 e. The van der Waals surface area contributed by atoms with Crippen molar-refractivity contribution in [3.05, 3.63) is 69.7 Å². The third-order valence-electron chi connectivity index (χ3n) is 3.29. The molecule has 0 aromatic heterocycles. The molecule has 0 spiro atoms. The molecule has 0 fully saturated rings. The van der Waals surface area contributed by atoms with Crippen molar-refractivity contribution in [2.24, 2.45) is 5.84 Å². The zero-order chi connectivity index (χ0) is 13.7. The molecule has 2 nitrogen and oxygen atoms in total. The van der Waals surface area contributed by atoms with Gasteiger partial charge in [-0.1, -0.05) is 59.3 Å². The summed E-state index contributed by atoms with van der Waals surface area (Å²) in [4.78, 5) is 0. The Kier molecular flexibility index (Phi) is 5.14. The number of rotatable bonds is 5. The van der Waals surface area contributed by atoms with Gasteiger partial charge in [-0.25, -0.2) is 0 Å². The number of aryl methyl sites for hydroxylation is 1. The van der Waals surface area contributed by atoms with Gasteiger partial charge in [0.1, 0.15) is 0 Å². The fourth-order valence-corrected chi connectivity index (χ4v) is 2.65. The first-order valence-corrected chi connectivity index (χ1v) is 7.31. The maximum absolute atomic E-state index is 5.72. The third-order valence-corrected chi connectivity index (χ3v) is 3.78. The SMILES string of the molecule is CCc1cccc(C(Cc2cccc(Br)c2)NN)c1. The van der Waals surface area contributed by atoms with E-state index in [0.717, 1.165) is 17.3 Å². The van der Waals surface area contributed by atoms with Gasteiger partial charge in [0.25, 0.3) is 0 Å². The quantitative estimate of drug-likeness (QED) is 0.650. The summed E-state index contributed by atoms with van der Waals surface area (Å²) in [5, 5.41) is 0. The maximum atomic E-state index is 5.72. The Morgan fingerprint density at radius 1 is 1.11 bits per heavy atom. The molecule has 0 saturated heterocycles. The fourth-order valence-electron chi connectivity index (χ4n) is 2.20. The highest BCUT2D eigenvalue weighted by Crippen LogP contribution is 2.21. The van der Waals surface area contributed by atoms with E-state index >= 15 is 0 Å². The lowest BCUT2D eigenvalue weighted by Gasteiger charge is -2.17. The summed E-state index contributed by atoms with van der Waals surface area (Å²) < 4.78 is 1.10. The van der Waals surface area contributed by atoms with Gasteiger partial charge < -0.3 is 0 Å². The van der Waals surface area contributed by atoms with Crippen molar-refractivity contribution in [3.63, 3.8) is 0 Å². The fraction of sp³-hybridized carbons (Fsp3) is 0.250. The third kappa shape index (κ3) is 3.90. The van der Waals surface area contributed by atoms with Crippen LogP contribution in [0.15, 0.2) is 53.0 Å². The van der Waals surface area contributed by atoms with Gasteiger partial charge in [-0.3, -0.25) is 11.3 Å². The van der Waals surface area contributed by atoms with Crippen LogP contribution in [0.25, 0.3) is 0 Å². The molecule has 0 heterocycles. The molecule has 0 aliphatic heterocycles. The lowest BCUT2D eigenvalue weighted by Crippen LogP contribution is -2.29. The summed E-state index contributed by atoms with van der Waals surface area (Å²) in [5.74, 6) is 5.72. The molecule has 0 aliphatic carbocycles. The van der Waals surface area contributed by atoms with Gasteiger partial charge in [-0.2, -0.15) is 0 Å². The van der Waals surface area contributed by atoms with Gasteiger partial charge in [0.05, 0.1) is 0 Å². The van der Waals surface area contributed by atoms with Crippen LogP contribution in [0.5, 0.6) is 0 Å². The molecule has 0 saturated carbocycles. The lowest BCUT2D eigenvalue weighted by molar-refractivity contribution is 0.551. The Morgan fingerprint density at radius 3 is 2.53 bits per heavy atom. The average molecular weight is 319 g/mol. The van der Waals surface area contributed by atoms with Crippen LogP contribution in [0, 0.1) is 0 Å². The van der Waals surface area contributed by atoms with Gasteiger partial charge in [-0.05, 0) is 41.7 Å². The van der Waals surface area contributed by atoms with Gasteiger partial charge in [-0.15, -0.1) is 0 Å².